The van der Waals surface area contributed by atoms with Gasteiger partial charge in [-0.3, -0.25) is 14.9 Å². The summed E-state index contributed by atoms with van der Waals surface area (Å²) in [6.45, 7) is 0.254. The van der Waals surface area contributed by atoms with E-state index in [1.54, 1.807) is 0 Å². The minimum absolute atomic E-state index is 0.163. The Kier molecular flexibility index (Phi) is 3.39. The number of carbonyl (C=O) groups is 2. The first kappa shape index (κ1) is 13.3. The van der Waals surface area contributed by atoms with Crippen molar-refractivity contribution in [3.63, 3.8) is 0 Å². The fourth-order valence-electron chi connectivity index (χ4n) is 1.93. The van der Waals surface area contributed by atoms with Gasteiger partial charge in [0, 0.05) is 19.0 Å². The van der Waals surface area contributed by atoms with Crippen LogP contribution in [0.15, 0.2) is 18.2 Å². The first-order chi connectivity index (χ1) is 8.90. The molecule has 1 unspecified atom stereocenters. The number of amides is 1. The second-order valence-electron chi connectivity index (χ2n) is 4.07. The highest BCUT2D eigenvalue weighted by Crippen LogP contribution is 2.29. The molecule has 0 radical (unpaired) electrons. The zero-order chi connectivity index (χ0) is 14.2. The molecule has 1 aliphatic rings. The van der Waals surface area contributed by atoms with E-state index in [2.05, 4.69) is 0 Å². The molecule has 1 atom stereocenters. The molecule has 0 saturated carbocycles. The van der Waals surface area contributed by atoms with Crippen molar-refractivity contribution in [1.82, 2.24) is 0 Å². The Morgan fingerprint density at radius 2 is 2.21 bits per heavy atom. The van der Waals surface area contributed by atoms with Crippen LogP contribution in [0.3, 0.4) is 0 Å². The zero-order valence-corrected chi connectivity index (χ0v) is 10.3. The monoisotopic (exact) mass is 284 g/mol. The maximum absolute atomic E-state index is 11.6. The van der Waals surface area contributed by atoms with E-state index < -0.39 is 22.1 Å². The van der Waals surface area contributed by atoms with Crippen molar-refractivity contribution < 1.29 is 19.6 Å². The van der Waals surface area contributed by atoms with Gasteiger partial charge < -0.3 is 10.0 Å². The third kappa shape index (κ3) is 2.50. The van der Waals surface area contributed by atoms with Crippen LogP contribution in [0.1, 0.15) is 16.8 Å². The standard InChI is InChI=1S/C11H9ClN2O5/c12-6-3-10(15)13(5-6)7-1-2-8(11(16)17)9(4-7)14(18)19/h1-2,4,6H,3,5H2,(H,16,17). The smallest absolute Gasteiger partial charge is 0.342 e. The summed E-state index contributed by atoms with van der Waals surface area (Å²) in [5.74, 6) is -1.63. The molecule has 0 aliphatic carbocycles. The zero-order valence-electron chi connectivity index (χ0n) is 9.58. The van der Waals surface area contributed by atoms with Gasteiger partial charge in [-0.15, -0.1) is 11.6 Å². The number of carbonyl (C=O) groups excluding carboxylic acids is 1. The summed E-state index contributed by atoms with van der Waals surface area (Å²) in [7, 11) is 0. The van der Waals surface area contributed by atoms with Gasteiger partial charge in [-0.2, -0.15) is 0 Å². The molecule has 1 heterocycles. The van der Waals surface area contributed by atoms with Crippen molar-refractivity contribution in [1.29, 1.82) is 0 Å². The highest BCUT2D eigenvalue weighted by molar-refractivity contribution is 6.24. The number of aromatic carboxylic acids is 1. The van der Waals surface area contributed by atoms with E-state index >= 15 is 0 Å². The Morgan fingerprint density at radius 3 is 2.68 bits per heavy atom. The first-order valence-corrected chi connectivity index (χ1v) is 5.80. The average Bonchev–Trinajstić information content (AvgIpc) is 2.67. The number of carboxylic acids is 1. The van der Waals surface area contributed by atoms with Crippen LogP contribution < -0.4 is 4.90 Å². The Morgan fingerprint density at radius 1 is 1.53 bits per heavy atom. The van der Waals surface area contributed by atoms with E-state index in [1.165, 1.54) is 11.0 Å². The summed E-state index contributed by atoms with van der Waals surface area (Å²) in [5, 5.41) is 19.4. The number of nitro groups is 1. The molecule has 1 aliphatic heterocycles. The number of carboxylic acid groups (broad SMARTS) is 1. The quantitative estimate of drug-likeness (QED) is 0.516. The third-order valence-corrected chi connectivity index (χ3v) is 3.09. The van der Waals surface area contributed by atoms with Crippen LogP contribution in [0.5, 0.6) is 0 Å². The maximum Gasteiger partial charge on any atom is 0.342 e. The predicted octanol–water partition coefficient (Wildman–Crippen LogP) is 1.64. The molecule has 0 spiro atoms. The van der Waals surface area contributed by atoms with Gasteiger partial charge in [0.25, 0.3) is 5.69 Å². The second kappa shape index (κ2) is 4.85. The van der Waals surface area contributed by atoms with Crippen LogP contribution >= 0.6 is 11.6 Å². The van der Waals surface area contributed by atoms with Crippen LogP contribution in [-0.2, 0) is 4.79 Å². The molecular weight excluding hydrogens is 276 g/mol. The predicted molar refractivity (Wildman–Crippen MR) is 66.7 cm³/mol. The van der Waals surface area contributed by atoms with Crippen molar-refractivity contribution in [3.8, 4) is 0 Å². The van der Waals surface area contributed by atoms with Gasteiger partial charge in [0.05, 0.1) is 16.0 Å². The Balaban J connectivity index is 2.44. The van der Waals surface area contributed by atoms with E-state index in [1.807, 2.05) is 0 Å². The molecule has 1 aromatic rings. The number of benzene rings is 1. The fourth-order valence-corrected chi connectivity index (χ4v) is 2.20. The van der Waals surface area contributed by atoms with Crippen LogP contribution in [0.2, 0.25) is 0 Å². The van der Waals surface area contributed by atoms with E-state index in [-0.39, 0.29) is 29.9 Å². The average molecular weight is 285 g/mol. The Labute approximate surface area is 112 Å². The Bertz CT molecular complexity index is 574. The highest BCUT2D eigenvalue weighted by atomic mass is 35.5. The molecule has 100 valence electrons. The molecule has 1 fully saturated rings. The number of nitrogens with zero attached hydrogens (tertiary/aromatic N) is 2. The van der Waals surface area contributed by atoms with Crippen molar-refractivity contribution in [2.24, 2.45) is 0 Å². The fraction of sp³-hybridized carbons (Fsp3) is 0.273. The van der Waals surface area contributed by atoms with Gasteiger partial charge in [-0.05, 0) is 12.1 Å². The number of rotatable bonds is 3. The molecule has 19 heavy (non-hydrogen) atoms. The molecule has 0 aromatic heterocycles. The molecule has 1 aromatic carbocycles. The number of halogens is 1. The first-order valence-electron chi connectivity index (χ1n) is 5.36. The third-order valence-electron chi connectivity index (χ3n) is 2.80. The van der Waals surface area contributed by atoms with Crippen LogP contribution in [0.4, 0.5) is 11.4 Å². The van der Waals surface area contributed by atoms with Gasteiger partial charge in [0.2, 0.25) is 5.91 Å². The van der Waals surface area contributed by atoms with E-state index in [4.69, 9.17) is 16.7 Å². The summed E-state index contributed by atoms with van der Waals surface area (Å²) >= 11 is 5.85. The number of nitro benzene ring substituents is 1. The number of hydrogen-bond acceptors (Lipinski definition) is 4. The number of hydrogen-bond donors (Lipinski definition) is 1. The van der Waals surface area contributed by atoms with Crippen LogP contribution in [-0.4, -0.2) is 33.8 Å². The summed E-state index contributed by atoms with van der Waals surface area (Å²) in [6, 6.07) is 3.56. The SMILES string of the molecule is O=C(O)c1ccc(N2CC(Cl)CC2=O)cc1[N+](=O)[O-]. The summed E-state index contributed by atoms with van der Waals surface area (Å²) in [6.07, 6.45) is 0.163. The van der Waals surface area contributed by atoms with Gasteiger partial charge in [-0.1, -0.05) is 0 Å². The molecule has 0 bridgehead atoms. The van der Waals surface area contributed by atoms with Gasteiger partial charge >= 0.3 is 5.97 Å². The lowest BCUT2D eigenvalue weighted by molar-refractivity contribution is -0.385. The van der Waals surface area contributed by atoms with Crippen molar-refractivity contribution >= 4 is 34.9 Å². The van der Waals surface area contributed by atoms with Crippen molar-refractivity contribution in [2.75, 3.05) is 11.4 Å². The largest absolute Gasteiger partial charge is 0.477 e. The van der Waals surface area contributed by atoms with E-state index in [0.717, 1.165) is 12.1 Å². The van der Waals surface area contributed by atoms with Gasteiger partial charge in [0.1, 0.15) is 5.56 Å². The maximum atomic E-state index is 11.6. The highest BCUT2D eigenvalue weighted by Gasteiger charge is 2.31. The lowest BCUT2D eigenvalue weighted by Gasteiger charge is -2.15. The Hall–Kier alpha value is -2.15. The number of anilines is 1. The van der Waals surface area contributed by atoms with Crippen LogP contribution in [0, 0.1) is 10.1 Å². The van der Waals surface area contributed by atoms with Crippen LogP contribution in [0.25, 0.3) is 0 Å². The molecule has 1 saturated heterocycles. The molecule has 2 rings (SSSR count). The van der Waals surface area contributed by atoms with E-state index in [9.17, 15) is 19.7 Å². The minimum atomic E-state index is -1.39. The lowest BCUT2D eigenvalue weighted by Crippen LogP contribution is -2.24. The molecular formula is C11H9ClN2O5. The summed E-state index contributed by atoms with van der Waals surface area (Å²) in [5.41, 5.74) is -0.677. The second-order valence-corrected chi connectivity index (χ2v) is 4.69. The minimum Gasteiger partial charge on any atom is -0.477 e. The molecule has 8 heteroatoms. The van der Waals surface area contributed by atoms with Crippen molar-refractivity contribution in [2.45, 2.75) is 11.8 Å². The number of alkyl halides is 1. The molecule has 7 nitrogen and oxygen atoms in total. The van der Waals surface area contributed by atoms with E-state index in [0.29, 0.717) is 0 Å². The lowest BCUT2D eigenvalue weighted by atomic mass is 10.1. The summed E-state index contributed by atoms with van der Waals surface area (Å²) < 4.78 is 0. The topological polar surface area (TPSA) is 101 Å². The normalized spacial score (nSPS) is 18.7. The van der Waals surface area contributed by atoms with Crippen molar-refractivity contribution in [3.05, 3.63) is 33.9 Å². The molecule has 1 amide bonds. The van der Waals surface area contributed by atoms with Gasteiger partial charge in [-0.25, -0.2) is 4.79 Å². The van der Waals surface area contributed by atoms with Gasteiger partial charge in [0.15, 0.2) is 0 Å². The molecule has 1 N–H and O–H groups in total. The summed E-state index contributed by atoms with van der Waals surface area (Å²) in [4.78, 5) is 33.9.